The van der Waals surface area contributed by atoms with E-state index in [0.717, 1.165) is 39.1 Å². The Morgan fingerprint density at radius 3 is 2.65 bits per heavy atom. The number of fused-ring (bicyclic) bond motifs is 2. The number of alkyl halides is 2. The Kier molecular flexibility index (Phi) is 6.49. The zero-order valence-corrected chi connectivity index (χ0v) is 20.5. The van der Waals surface area contributed by atoms with Crippen molar-refractivity contribution in [3.63, 3.8) is 0 Å². The molecule has 198 valence electrons. The van der Waals surface area contributed by atoms with Crippen LogP contribution in [0.15, 0.2) is 6.20 Å². The zero-order chi connectivity index (χ0) is 25.5. The van der Waals surface area contributed by atoms with Crippen molar-refractivity contribution in [1.82, 2.24) is 34.5 Å². The fourth-order valence-electron chi connectivity index (χ4n) is 5.35. The summed E-state index contributed by atoms with van der Waals surface area (Å²) in [4.78, 5) is 7.00. The van der Waals surface area contributed by atoms with Gasteiger partial charge in [0.1, 0.15) is 24.9 Å². The van der Waals surface area contributed by atoms with Crippen LogP contribution >= 0.6 is 0 Å². The molecule has 0 bridgehead atoms. The highest BCUT2D eigenvalue weighted by Gasteiger charge is 2.31. The fourth-order valence-corrected chi connectivity index (χ4v) is 5.35. The van der Waals surface area contributed by atoms with Crippen LogP contribution in [0.3, 0.4) is 0 Å². The van der Waals surface area contributed by atoms with E-state index in [0.29, 0.717) is 52.9 Å². The molecule has 2 aliphatic heterocycles. The van der Waals surface area contributed by atoms with Gasteiger partial charge in [-0.2, -0.15) is 4.98 Å². The summed E-state index contributed by atoms with van der Waals surface area (Å²) in [5.41, 5.74) is 2.45. The largest absolute Gasteiger partial charge is 0.479 e. The summed E-state index contributed by atoms with van der Waals surface area (Å²) >= 11 is 0. The van der Waals surface area contributed by atoms with E-state index in [4.69, 9.17) is 9.47 Å². The second-order valence-electron chi connectivity index (χ2n) is 9.73. The van der Waals surface area contributed by atoms with E-state index < -0.39 is 25.2 Å². The molecule has 0 atom stereocenters. The average Bonchev–Trinajstić information content (AvgIpc) is 3.44. The Bertz CT molecular complexity index is 1310. The lowest BCUT2D eigenvalue weighted by atomic mass is 9.94. The molecule has 2 saturated heterocycles. The van der Waals surface area contributed by atoms with Crippen LogP contribution in [0.5, 0.6) is 5.88 Å². The number of hydrogen-bond acceptors (Lipinski definition) is 8. The van der Waals surface area contributed by atoms with Crippen molar-refractivity contribution in [2.75, 3.05) is 52.1 Å². The SMILES string of the molecule is COc1nc(NC2CCN(C3COC3)CC2)nn2cc(F)c(C3=Cc4c(nnn4C(CF)CF)CC3)c12. The van der Waals surface area contributed by atoms with Gasteiger partial charge in [-0.3, -0.25) is 4.90 Å². The maximum absolute atomic E-state index is 15.4. The van der Waals surface area contributed by atoms with Crippen LogP contribution in [0.25, 0.3) is 17.2 Å². The monoisotopic (exact) mass is 518 g/mol. The van der Waals surface area contributed by atoms with Crippen LogP contribution in [0.1, 0.15) is 42.3 Å². The molecular weight excluding hydrogens is 489 g/mol. The average molecular weight is 519 g/mol. The van der Waals surface area contributed by atoms with Gasteiger partial charge in [0, 0.05) is 24.7 Å². The molecule has 0 saturated carbocycles. The number of ether oxygens (including phenoxy) is 2. The van der Waals surface area contributed by atoms with E-state index in [1.54, 1.807) is 6.08 Å². The summed E-state index contributed by atoms with van der Waals surface area (Å²) in [5, 5.41) is 15.9. The number of piperidine rings is 1. The number of hydrogen-bond donors (Lipinski definition) is 1. The summed E-state index contributed by atoms with van der Waals surface area (Å²) in [6.45, 7) is 1.73. The molecule has 0 amide bonds. The third kappa shape index (κ3) is 4.33. The highest BCUT2D eigenvalue weighted by molar-refractivity contribution is 5.91. The van der Waals surface area contributed by atoms with Gasteiger partial charge in [-0.1, -0.05) is 5.21 Å². The zero-order valence-electron chi connectivity index (χ0n) is 20.5. The first-order chi connectivity index (χ1) is 18.1. The maximum Gasteiger partial charge on any atom is 0.244 e. The Morgan fingerprint density at radius 2 is 1.97 bits per heavy atom. The predicted octanol–water partition coefficient (Wildman–Crippen LogP) is 2.71. The molecule has 6 rings (SSSR count). The first-order valence-corrected chi connectivity index (χ1v) is 12.6. The molecule has 3 aromatic heterocycles. The van der Waals surface area contributed by atoms with E-state index >= 15 is 4.39 Å². The van der Waals surface area contributed by atoms with E-state index in [2.05, 4.69) is 30.6 Å². The molecule has 0 unspecified atom stereocenters. The summed E-state index contributed by atoms with van der Waals surface area (Å²) in [5.74, 6) is 0.124. The van der Waals surface area contributed by atoms with Crippen molar-refractivity contribution < 1.29 is 22.6 Å². The van der Waals surface area contributed by atoms with Crippen LogP contribution < -0.4 is 10.1 Å². The number of anilines is 1. The molecule has 2 fully saturated rings. The number of rotatable bonds is 8. The topological polar surface area (TPSA) is 94.6 Å². The predicted molar refractivity (Wildman–Crippen MR) is 130 cm³/mol. The number of allylic oxidation sites excluding steroid dienone is 1. The molecule has 0 spiro atoms. The highest BCUT2D eigenvalue weighted by Crippen LogP contribution is 2.37. The smallest absolute Gasteiger partial charge is 0.244 e. The minimum absolute atomic E-state index is 0.200. The first-order valence-electron chi connectivity index (χ1n) is 12.6. The van der Waals surface area contributed by atoms with Gasteiger partial charge in [-0.05, 0) is 37.3 Å². The quantitative estimate of drug-likeness (QED) is 0.487. The van der Waals surface area contributed by atoms with Gasteiger partial charge in [0.2, 0.25) is 11.8 Å². The third-order valence-electron chi connectivity index (χ3n) is 7.52. The number of methoxy groups -OCH3 is 1. The summed E-state index contributed by atoms with van der Waals surface area (Å²) in [7, 11) is 1.49. The number of nitrogens with zero attached hydrogens (tertiary/aromatic N) is 7. The van der Waals surface area contributed by atoms with Crippen LogP contribution in [-0.4, -0.2) is 93.3 Å². The van der Waals surface area contributed by atoms with Crippen LogP contribution in [0.2, 0.25) is 0 Å². The Morgan fingerprint density at radius 1 is 1.19 bits per heavy atom. The number of halogens is 3. The Hall–Kier alpha value is -3.19. The molecule has 1 N–H and O–H groups in total. The molecule has 0 radical (unpaired) electrons. The molecule has 3 aliphatic rings. The molecule has 5 heterocycles. The second-order valence-corrected chi connectivity index (χ2v) is 9.73. The second kappa shape index (κ2) is 9.93. The van der Waals surface area contributed by atoms with Crippen molar-refractivity contribution in [2.45, 2.75) is 43.8 Å². The van der Waals surface area contributed by atoms with Gasteiger partial charge in [0.15, 0.2) is 5.82 Å². The molecule has 37 heavy (non-hydrogen) atoms. The van der Waals surface area contributed by atoms with Gasteiger partial charge in [-0.15, -0.1) is 10.2 Å². The van der Waals surface area contributed by atoms with E-state index in [9.17, 15) is 8.78 Å². The minimum Gasteiger partial charge on any atom is -0.479 e. The molecular formula is C24H29F3N8O2. The van der Waals surface area contributed by atoms with Gasteiger partial charge < -0.3 is 14.8 Å². The lowest BCUT2D eigenvalue weighted by Crippen LogP contribution is -2.53. The summed E-state index contributed by atoms with van der Waals surface area (Å²) < 4.78 is 55.6. The van der Waals surface area contributed by atoms with Gasteiger partial charge in [0.05, 0.1) is 44.0 Å². The summed E-state index contributed by atoms with van der Waals surface area (Å²) in [6.07, 6.45) is 5.84. The van der Waals surface area contributed by atoms with E-state index in [1.165, 1.54) is 22.5 Å². The van der Waals surface area contributed by atoms with Crippen LogP contribution in [-0.2, 0) is 11.2 Å². The van der Waals surface area contributed by atoms with Gasteiger partial charge in [0.25, 0.3) is 0 Å². The van der Waals surface area contributed by atoms with Crippen molar-refractivity contribution in [1.29, 1.82) is 0 Å². The lowest BCUT2D eigenvalue weighted by Gasteiger charge is -2.41. The van der Waals surface area contributed by atoms with E-state index in [-0.39, 0.29) is 11.9 Å². The van der Waals surface area contributed by atoms with Gasteiger partial charge >= 0.3 is 0 Å². The number of aromatic nitrogens is 6. The first kappa shape index (κ1) is 24.2. The lowest BCUT2D eigenvalue weighted by molar-refractivity contribution is -0.0705. The number of aryl methyl sites for hydroxylation is 1. The Labute approximate surface area is 211 Å². The maximum atomic E-state index is 15.4. The van der Waals surface area contributed by atoms with Crippen molar-refractivity contribution in [2.24, 2.45) is 0 Å². The number of nitrogens with one attached hydrogen (secondary N) is 1. The molecule has 13 heteroatoms. The third-order valence-corrected chi connectivity index (χ3v) is 7.52. The van der Waals surface area contributed by atoms with Crippen molar-refractivity contribution in [3.8, 4) is 5.88 Å². The van der Waals surface area contributed by atoms with Crippen molar-refractivity contribution >= 4 is 23.1 Å². The molecule has 3 aromatic rings. The van der Waals surface area contributed by atoms with Crippen molar-refractivity contribution in [3.05, 3.63) is 29.0 Å². The normalized spacial score (nSPS) is 19.2. The summed E-state index contributed by atoms with van der Waals surface area (Å²) in [6, 6.07) is -0.345. The molecule has 10 nitrogen and oxygen atoms in total. The van der Waals surface area contributed by atoms with Crippen LogP contribution in [0.4, 0.5) is 19.1 Å². The van der Waals surface area contributed by atoms with E-state index in [1.807, 2.05) is 0 Å². The highest BCUT2D eigenvalue weighted by atomic mass is 19.1. The van der Waals surface area contributed by atoms with Crippen LogP contribution in [0, 0.1) is 5.82 Å². The Balaban J connectivity index is 1.29. The number of likely N-dealkylation sites (tertiary alicyclic amines) is 1. The fraction of sp³-hybridized carbons (Fsp3) is 0.583. The standard InChI is InChI=1S/C24H29F3N8O2/c1-36-23-22-21(14-2-3-19-20(8-14)35(32-30-19)16(9-25)10-26)18(27)11-34(22)31-24(29-23)28-15-4-6-33(7-5-15)17-12-37-13-17/h8,11,15-17H,2-7,9-10,12-13H2,1H3,(H,28,31). The van der Waals surface area contributed by atoms with Gasteiger partial charge in [-0.25, -0.2) is 22.4 Å². The molecule has 0 aromatic carbocycles. The minimum atomic E-state index is -1.07. The molecule has 1 aliphatic carbocycles.